The van der Waals surface area contributed by atoms with Crippen LogP contribution < -0.4 is 15.4 Å². The third-order valence-corrected chi connectivity index (χ3v) is 7.22. The summed E-state index contributed by atoms with van der Waals surface area (Å²) < 4.78 is 6.86. The summed E-state index contributed by atoms with van der Waals surface area (Å²) in [5, 5.41) is 20.7. The zero-order valence-electron chi connectivity index (χ0n) is 20.1. The molecule has 4 aromatic rings. The van der Waals surface area contributed by atoms with Crippen molar-refractivity contribution in [1.29, 1.82) is 0 Å². The number of pyridine rings is 2. The topological polar surface area (TPSA) is 144 Å². The summed E-state index contributed by atoms with van der Waals surface area (Å²) in [7, 11) is 1.51. The summed E-state index contributed by atoms with van der Waals surface area (Å²) >= 11 is 7.24. The molecule has 2 atom stereocenters. The predicted octanol–water partition coefficient (Wildman–Crippen LogP) is 3.50. The Bertz CT molecular complexity index is 1460. The van der Waals surface area contributed by atoms with Crippen molar-refractivity contribution in [1.82, 2.24) is 29.9 Å². The van der Waals surface area contributed by atoms with E-state index in [1.54, 1.807) is 12.1 Å². The number of aromatic nitrogens is 5. The number of carbonyl (C=O) groups excluding carboxylic acids is 2. The summed E-state index contributed by atoms with van der Waals surface area (Å²) in [5.41, 5.74) is 2.38. The number of aryl methyl sites for hydroxylation is 1. The van der Waals surface area contributed by atoms with Crippen LogP contribution in [0.15, 0.2) is 30.7 Å². The van der Waals surface area contributed by atoms with Gasteiger partial charge in [-0.15, -0.1) is 5.10 Å². The van der Waals surface area contributed by atoms with Crippen LogP contribution in [0.4, 0.5) is 5.13 Å². The fraction of sp³-hybridized carbons (Fsp3) is 0.333. The van der Waals surface area contributed by atoms with E-state index in [9.17, 15) is 14.7 Å². The summed E-state index contributed by atoms with van der Waals surface area (Å²) in [6.07, 6.45) is 7.24. The molecule has 11 nitrogen and oxygen atoms in total. The number of imidazole rings is 1. The largest absolute Gasteiger partial charge is 0.494 e. The number of amides is 2. The van der Waals surface area contributed by atoms with Gasteiger partial charge in [0.25, 0.3) is 11.8 Å². The van der Waals surface area contributed by atoms with E-state index < -0.39 is 12.0 Å². The molecule has 0 radical (unpaired) electrons. The van der Waals surface area contributed by atoms with E-state index in [0.717, 1.165) is 30.6 Å². The van der Waals surface area contributed by atoms with Gasteiger partial charge in [-0.05, 0) is 31.9 Å². The Morgan fingerprint density at radius 2 is 1.97 bits per heavy atom. The summed E-state index contributed by atoms with van der Waals surface area (Å²) in [6.45, 7) is 1.82. The van der Waals surface area contributed by atoms with Gasteiger partial charge in [0.15, 0.2) is 0 Å². The van der Waals surface area contributed by atoms with Crippen molar-refractivity contribution in [2.45, 2.75) is 44.8 Å². The lowest BCUT2D eigenvalue weighted by Crippen LogP contribution is -2.45. The minimum Gasteiger partial charge on any atom is -0.494 e. The molecule has 0 bridgehead atoms. The first kappa shape index (κ1) is 25.1. The van der Waals surface area contributed by atoms with Crippen molar-refractivity contribution in [3.8, 4) is 16.9 Å². The Morgan fingerprint density at radius 3 is 2.73 bits per heavy atom. The number of hydrogen-bond acceptors (Lipinski definition) is 9. The van der Waals surface area contributed by atoms with Gasteiger partial charge in [-0.25, -0.2) is 14.5 Å². The van der Waals surface area contributed by atoms with Crippen molar-refractivity contribution < 1.29 is 19.4 Å². The molecule has 37 heavy (non-hydrogen) atoms. The molecule has 0 unspecified atom stereocenters. The Kier molecular flexibility index (Phi) is 7.04. The molecular formula is C24H24ClN7O4S. The summed E-state index contributed by atoms with van der Waals surface area (Å²) in [5.74, 6) is -0.336. The van der Waals surface area contributed by atoms with Crippen molar-refractivity contribution in [3.05, 3.63) is 52.8 Å². The van der Waals surface area contributed by atoms with E-state index in [4.69, 9.17) is 16.3 Å². The van der Waals surface area contributed by atoms with Gasteiger partial charge in [-0.1, -0.05) is 35.8 Å². The molecule has 1 fully saturated rings. The SMILES string of the molecule is COc1cnc(Cl)cc1-c1cc(C)ncc1C(=O)Nc1nn2cc(C(=O)N[C@@H]3CCCC[C@H]3O)nc2s1. The molecule has 3 N–H and O–H groups in total. The highest BCUT2D eigenvalue weighted by Crippen LogP contribution is 2.34. The molecule has 13 heteroatoms. The lowest BCUT2D eigenvalue weighted by molar-refractivity contribution is 0.0714. The van der Waals surface area contributed by atoms with E-state index in [2.05, 4.69) is 30.7 Å². The number of anilines is 1. The van der Waals surface area contributed by atoms with Crippen LogP contribution in [0.25, 0.3) is 16.1 Å². The average Bonchev–Trinajstić information content (AvgIpc) is 3.44. The van der Waals surface area contributed by atoms with Crippen molar-refractivity contribution in [2.75, 3.05) is 12.4 Å². The van der Waals surface area contributed by atoms with Crippen LogP contribution in [0.3, 0.4) is 0 Å². The van der Waals surface area contributed by atoms with E-state index in [1.165, 1.54) is 30.2 Å². The molecule has 0 aromatic carbocycles. The Balaban J connectivity index is 1.36. The molecule has 192 valence electrons. The summed E-state index contributed by atoms with van der Waals surface area (Å²) in [4.78, 5) is 39.0. The molecule has 5 rings (SSSR count). The van der Waals surface area contributed by atoms with Crippen LogP contribution >= 0.6 is 22.9 Å². The number of aliphatic hydroxyl groups is 1. The van der Waals surface area contributed by atoms with Gasteiger partial charge in [-0.2, -0.15) is 0 Å². The van der Waals surface area contributed by atoms with Crippen molar-refractivity contribution in [2.24, 2.45) is 0 Å². The van der Waals surface area contributed by atoms with Gasteiger partial charge in [-0.3, -0.25) is 19.9 Å². The highest BCUT2D eigenvalue weighted by molar-refractivity contribution is 7.20. The van der Waals surface area contributed by atoms with Gasteiger partial charge < -0.3 is 15.2 Å². The lowest BCUT2D eigenvalue weighted by atomic mass is 9.92. The number of aliphatic hydroxyl groups excluding tert-OH is 1. The fourth-order valence-corrected chi connectivity index (χ4v) is 5.23. The third-order valence-electron chi connectivity index (χ3n) is 6.17. The number of nitrogens with one attached hydrogen (secondary N) is 2. The second-order valence-corrected chi connectivity index (χ2v) is 10.1. The zero-order valence-corrected chi connectivity index (χ0v) is 21.6. The quantitative estimate of drug-likeness (QED) is 0.315. The van der Waals surface area contributed by atoms with E-state index in [-0.39, 0.29) is 22.8 Å². The smallest absolute Gasteiger partial charge is 0.271 e. The second kappa shape index (κ2) is 10.4. The normalized spacial score (nSPS) is 17.5. The lowest BCUT2D eigenvalue weighted by Gasteiger charge is -2.27. The molecule has 4 aromatic heterocycles. The van der Waals surface area contributed by atoms with Crippen LogP contribution in [0.1, 0.15) is 52.2 Å². The number of hydrogen-bond donors (Lipinski definition) is 3. The number of halogens is 1. The Hall–Kier alpha value is -3.61. The van der Waals surface area contributed by atoms with Crippen molar-refractivity contribution in [3.63, 3.8) is 0 Å². The zero-order chi connectivity index (χ0) is 26.1. The molecule has 1 aliphatic rings. The van der Waals surface area contributed by atoms with Gasteiger partial charge in [0.05, 0.1) is 37.2 Å². The Morgan fingerprint density at radius 1 is 1.16 bits per heavy atom. The maximum absolute atomic E-state index is 13.2. The van der Waals surface area contributed by atoms with Crippen LogP contribution in [0, 0.1) is 6.92 Å². The first-order chi connectivity index (χ1) is 17.8. The molecule has 1 saturated carbocycles. The van der Waals surface area contributed by atoms with E-state index in [0.29, 0.717) is 44.6 Å². The van der Waals surface area contributed by atoms with Crippen LogP contribution in [-0.2, 0) is 0 Å². The van der Waals surface area contributed by atoms with Crippen LogP contribution in [0.5, 0.6) is 5.75 Å². The highest BCUT2D eigenvalue weighted by atomic mass is 35.5. The molecule has 2 amide bonds. The minimum absolute atomic E-state index is 0.195. The number of methoxy groups -OCH3 is 1. The van der Waals surface area contributed by atoms with Crippen LogP contribution in [0.2, 0.25) is 5.15 Å². The molecular weight excluding hydrogens is 518 g/mol. The fourth-order valence-electron chi connectivity index (χ4n) is 4.30. The second-order valence-electron chi connectivity index (χ2n) is 8.72. The van der Waals surface area contributed by atoms with Gasteiger partial charge >= 0.3 is 0 Å². The Labute approximate surface area is 220 Å². The molecule has 4 heterocycles. The predicted molar refractivity (Wildman–Crippen MR) is 138 cm³/mol. The van der Waals surface area contributed by atoms with Gasteiger partial charge in [0.1, 0.15) is 16.6 Å². The standard InChI is InChI=1S/C24H24ClN7O4S/c1-12-7-13(14-8-20(25)27-10-19(14)36-2)15(9-26-12)21(34)30-23-31-32-11-17(29-24(32)37-23)22(35)28-16-5-3-4-6-18(16)33/h7-11,16,18,33H,3-6H2,1-2H3,(H,28,35)(H,30,31,34)/t16-,18-/m1/s1. The highest BCUT2D eigenvalue weighted by Gasteiger charge is 2.26. The third kappa shape index (κ3) is 5.26. The molecule has 1 aliphatic carbocycles. The summed E-state index contributed by atoms with van der Waals surface area (Å²) in [6, 6.07) is 3.11. The monoisotopic (exact) mass is 541 g/mol. The number of nitrogens with zero attached hydrogens (tertiary/aromatic N) is 5. The first-order valence-electron chi connectivity index (χ1n) is 11.7. The minimum atomic E-state index is -0.550. The van der Waals surface area contributed by atoms with Crippen LogP contribution in [-0.4, -0.2) is 60.7 Å². The average molecular weight is 542 g/mol. The van der Waals surface area contributed by atoms with E-state index >= 15 is 0 Å². The maximum Gasteiger partial charge on any atom is 0.271 e. The number of fused-ring (bicyclic) bond motifs is 1. The first-order valence-corrected chi connectivity index (χ1v) is 12.8. The molecule has 0 spiro atoms. The van der Waals surface area contributed by atoms with Gasteiger partial charge in [0.2, 0.25) is 10.1 Å². The molecule has 0 aliphatic heterocycles. The van der Waals surface area contributed by atoms with Gasteiger partial charge in [0, 0.05) is 23.0 Å². The van der Waals surface area contributed by atoms with Crippen molar-refractivity contribution >= 4 is 44.8 Å². The number of rotatable bonds is 6. The number of carbonyl (C=O) groups is 2. The molecule has 0 saturated heterocycles. The number of ether oxygens (including phenoxy) is 1. The maximum atomic E-state index is 13.2. The van der Waals surface area contributed by atoms with E-state index in [1.807, 2.05) is 6.92 Å².